The lowest BCUT2D eigenvalue weighted by atomic mass is 10.2. The maximum atomic E-state index is 12.1. The molecule has 0 saturated carbocycles. The van der Waals surface area contributed by atoms with E-state index in [1.807, 2.05) is 6.07 Å². The topological polar surface area (TPSA) is 285 Å². The molecular weight excluding hydrogens is 1370 g/mol. The molecule has 5 aliphatic rings. The van der Waals surface area contributed by atoms with Crippen molar-refractivity contribution in [1.29, 1.82) is 0 Å². The zero-order valence-corrected chi connectivity index (χ0v) is 55.0. The number of nitrogens with one attached hydrogen (secondary N) is 2. The molecule has 0 unspecified atom stereocenters. The van der Waals surface area contributed by atoms with Gasteiger partial charge < -0.3 is 58.1 Å². The highest BCUT2D eigenvalue weighted by atomic mass is 79.9. The average Bonchev–Trinajstić information content (AvgIpc) is 1.67. The van der Waals surface area contributed by atoms with Crippen LogP contribution >= 0.6 is 97.1 Å². The van der Waals surface area contributed by atoms with Gasteiger partial charge in [0.2, 0.25) is 27.6 Å². The molecule has 6 aromatic heterocycles. The van der Waals surface area contributed by atoms with E-state index in [1.54, 1.807) is 12.1 Å². The van der Waals surface area contributed by atoms with Gasteiger partial charge in [0.15, 0.2) is 28.0 Å². The maximum absolute atomic E-state index is 12.1. The molecule has 26 nitrogen and oxygen atoms in total. The first-order valence-electron chi connectivity index (χ1n) is 36.9. The Morgan fingerprint density at radius 3 is 1.47 bits per heavy atom. The molecule has 5 saturated heterocycles. The molecule has 0 spiro atoms. The molecular formula is C55H81BrCl7N17O9. The summed E-state index contributed by atoms with van der Waals surface area (Å²) >= 11 is 41.4. The van der Waals surface area contributed by atoms with Crippen molar-refractivity contribution in [3.63, 3.8) is 0 Å². The van der Waals surface area contributed by atoms with Crippen molar-refractivity contribution in [3.8, 4) is 11.8 Å². The van der Waals surface area contributed by atoms with Crippen LogP contribution in [0.25, 0.3) is 33.5 Å². The molecule has 5 N–H and O–H groups in total. The third-order valence-electron chi connectivity index (χ3n) is 11.8. The number of methoxy groups -OCH3 is 2. The molecule has 0 atom stereocenters. The minimum Gasteiger partial charge on any atom is -0.479 e. The minimum atomic E-state index is -2.81. The summed E-state index contributed by atoms with van der Waals surface area (Å²) in [5.74, 6) is -4.30. The van der Waals surface area contributed by atoms with Crippen LogP contribution in [0.1, 0.15) is 52.2 Å². The van der Waals surface area contributed by atoms with Crippen LogP contribution in [0.15, 0.2) is 42.0 Å². The number of fused-ring (bicyclic) bond motifs is 3. The number of H-pyrrole nitrogens is 2. The predicted octanol–water partition coefficient (Wildman–Crippen LogP) is 7.07. The fourth-order valence-electron chi connectivity index (χ4n) is 7.44. The number of aromatic amines is 2. The molecule has 34 heteroatoms. The van der Waals surface area contributed by atoms with Crippen LogP contribution in [0, 0.1) is 0 Å². The number of imidazole rings is 3. The number of hydrogen-bond donors (Lipinski definition) is 4. The third kappa shape index (κ3) is 28.2. The quantitative estimate of drug-likeness (QED) is 0.0625. The Kier molecular flexibility index (Phi) is 25.6. The first-order valence-corrected chi connectivity index (χ1v) is 30.3. The summed E-state index contributed by atoms with van der Waals surface area (Å²) < 4.78 is 189. The number of hydrogen-bond acceptors (Lipinski definition) is 22. The Balaban J connectivity index is 0.000000232. The van der Waals surface area contributed by atoms with Crippen molar-refractivity contribution in [2.24, 2.45) is 5.73 Å². The van der Waals surface area contributed by atoms with Gasteiger partial charge in [-0.05, 0) is 71.8 Å². The summed E-state index contributed by atoms with van der Waals surface area (Å²) in [5.41, 5.74) is 6.91. The highest BCUT2D eigenvalue weighted by molar-refractivity contribution is 9.09. The van der Waals surface area contributed by atoms with E-state index in [2.05, 4.69) is 65.8 Å². The highest BCUT2D eigenvalue weighted by Crippen LogP contribution is 2.24. The lowest BCUT2D eigenvalue weighted by molar-refractivity contribution is 0.0364. The maximum Gasteiger partial charge on any atom is 0.278 e. The number of halogens is 8. The van der Waals surface area contributed by atoms with Gasteiger partial charge in [0, 0.05) is 147 Å². The summed E-state index contributed by atoms with van der Waals surface area (Å²) in [6, 6.07) is 5.37. The van der Waals surface area contributed by atoms with Crippen molar-refractivity contribution < 1.29 is 65.7 Å². The number of ether oxygens (including phenoxy) is 7. The van der Waals surface area contributed by atoms with Crippen LogP contribution < -0.4 is 20.8 Å². The molecule has 0 bridgehead atoms. The van der Waals surface area contributed by atoms with Crippen molar-refractivity contribution in [2.75, 3.05) is 182 Å². The van der Waals surface area contributed by atoms with E-state index in [-0.39, 0.29) is 57.1 Å². The van der Waals surface area contributed by atoms with Crippen molar-refractivity contribution in [1.82, 2.24) is 78.6 Å². The van der Waals surface area contributed by atoms with E-state index in [0.29, 0.717) is 126 Å². The Morgan fingerprint density at radius 2 is 1.04 bits per heavy atom. The van der Waals surface area contributed by atoms with Crippen LogP contribution in [-0.4, -0.2) is 266 Å². The van der Waals surface area contributed by atoms with E-state index in [0.717, 1.165) is 34.2 Å². The monoisotopic (exact) mass is 1470 g/mol. The molecule has 0 radical (unpaired) electrons. The molecule has 496 valence electrons. The second kappa shape index (κ2) is 44.8. The van der Waals surface area contributed by atoms with Gasteiger partial charge in [-0.15, -0.1) is 23.2 Å². The zero-order chi connectivity index (χ0) is 81.9. The lowest BCUT2D eigenvalue weighted by Gasteiger charge is -2.26. The number of benzene rings is 1. The predicted molar refractivity (Wildman–Crippen MR) is 354 cm³/mol. The summed E-state index contributed by atoms with van der Waals surface area (Å²) in [7, 11) is 2.88. The zero-order valence-electron chi connectivity index (χ0n) is 68.1. The van der Waals surface area contributed by atoms with Gasteiger partial charge in [0.1, 0.15) is 5.52 Å². The summed E-state index contributed by atoms with van der Waals surface area (Å²) in [6.45, 7) is -8.69. The largest absolute Gasteiger partial charge is 0.479 e. The number of aryl methyl sites for hydroxylation is 2. The van der Waals surface area contributed by atoms with Crippen LogP contribution in [0.5, 0.6) is 11.8 Å². The van der Waals surface area contributed by atoms with Crippen LogP contribution in [-0.2, 0) is 43.2 Å². The summed E-state index contributed by atoms with van der Waals surface area (Å²) in [5, 5.41) is 6.92. The molecule has 0 amide bonds. The number of nitrogens with two attached hydrogens (primary N) is 1. The van der Waals surface area contributed by atoms with E-state index < -0.39 is 68.0 Å². The second-order valence-corrected chi connectivity index (χ2v) is 20.2. The van der Waals surface area contributed by atoms with Crippen LogP contribution in [0.3, 0.4) is 0 Å². The standard InChI is InChI=1S/C12H16ClN5O2.C11H14ClN5O2.C7H7Cl2N.C6H5ClN4O.2C6H12ClNO.C5H10O.C2H5BrO/c1-19-11-9-10(15-12(13)16-11)14-8-18(9)3-2-17-4-6-20-7-5-17;12-11-14-9-8(10(18)15-11)17(7-13-9)2-1-16-3-5-19-6-4-16;8-6-2-1-5(4-10)3-7(6)9;1-12-5-3-4(9-2-8-3)10-6(7)11-5;2*7-1-2-8-3-5-9-6-4-8;1-2-4-6-5-3-1;3-1-2-4/h8H,2-7H2,1H3;7H,1-6H2,(H,14,15,18);1-3H,4,10H2;2H,1H3,(H,8,9,10,11);2*1-6H2;1-5H2;4H,1-2H2/i2D2,3D2;1D2,2D2;;;2*1D2,2D2;;1D2,2D2. The first-order chi connectivity index (χ1) is 50.5. The number of rotatable bonds is 14. The van der Waals surface area contributed by atoms with Crippen molar-refractivity contribution in [3.05, 3.63) is 79.0 Å². The molecule has 1 aromatic carbocycles. The Labute approximate surface area is 589 Å². The molecule has 5 fully saturated rings. The van der Waals surface area contributed by atoms with Crippen molar-refractivity contribution >= 4 is 131 Å². The SMILES string of the molecule is C1CCOCC1.COc1nc(Cl)nc2nc[nH]c12.NCc1ccc(Cl)c(Cl)c1.[2H]C([2H])(Cl)C([2H])([2H])N1CCOCC1.[2H]C([2H])(Cl)C([2H])([2H])N1CCOCC1.[2H]C([2H])(N1CCOCC1)C([2H])([2H])n1cnc2nc(Cl)[nH]c(=O)c21.[2H]C([2H])(N1CCOCC1)C([2H])([2H])n1cnc2nc(Cl)nc(OC)c21.[2H]C([2H])(O)C([2H])([2H])Br. The van der Waals surface area contributed by atoms with Crippen LogP contribution in [0.2, 0.25) is 25.9 Å². The Hall–Kier alpha value is -3.66. The Bertz CT molecular complexity index is 3970. The average molecular weight is 1470 g/mol. The number of aliphatic hydroxyl groups is 1. The fraction of sp³-hybridized carbons (Fsp3) is 0.618. The smallest absolute Gasteiger partial charge is 0.278 e. The lowest BCUT2D eigenvalue weighted by Crippen LogP contribution is -2.38. The molecule has 89 heavy (non-hydrogen) atoms. The number of morpholine rings is 4. The molecule has 5 aliphatic heterocycles. The minimum absolute atomic E-state index is 0.0316. The van der Waals surface area contributed by atoms with Crippen LogP contribution in [0.4, 0.5) is 0 Å². The highest BCUT2D eigenvalue weighted by Gasteiger charge is 2.17. The van der Waals surface area contributed by atoms with Gasteiger partial charge in [-0.2, -0.15) is 24.9 Å². The molecule has 11 heterocycles. The van der Waals surface area contributed by atoms with E-state index in [9.17, 15) is 4.79 Å². The van der Waals surface area contributed by atoms with Gasteiger partial charge in [0.05, 0.1) is 111 Å². The van der Waals surface area contributed by atoms with E-state index in [4.69, 9.17) is 153 Å². The van der Waals surface area contributed by atoms with E-state index >= 15 is 0 Å². The van der Waals surface area contributed by atoms with Gasteiger partial charge >= 0.3 is 0 Å². The Morgan fingerprint density at radius 1 is 0.596 bits per heavy atom. The van der Waals surface area contributed by atoms with E-state index in [1.165, 1.54) is 65.7 Å². The van der Waals surface area contributed by atoms with Gasteiger partial charge in [-0.1, -0.05) is 45.2 Å². The number of alkyl halides is 3. The number of aromatic nitrogens is 12. The summed E-state index contributed by atoms with van der Waals surface area (Å²) in [4.78, 5) is 53.8. The molecule has 12 rings (SSSR count). The molecule has 0 aliphatic carbocycles. The third-order valence-corrected chi connectivity index (χ3v) is 13.4. The molecule has 7 aromatic rings. The normalized spacial score (nSPS) is 21.3. The fourth-order valence-corrected chi connectivity index (χ4v) is 8.48. The van der Waals surface area contributed by atoms with Gasteiger partial charge in [0.25, 0.3) is 5.56 Å². The van der Waals surface area contributed by atoms with Crippen molar-refractivity contribution in [2.45, 2.75) is 38.8 Å². The second-order valence-electron chi connectivity index (χ2n) is 17.6. The van der Waals surface area contributed by atoms with Gasteiger partial charge in [-0.25, -0.2) is 15.0 Å². The summed E-state index contributed by atoms with van der Waals surface area (Å²) in [6.07, 6.45) is 7.68. The number of nitrogens with zero attached hydrogens (tertiary/aromatic N) is 14. The van der Waals surface area contributed by atoms with Gasteiger partial charge in [-0.3, -0.25) is 29.4 Å². The first kappa shape index (κ1) is 50.8.